The van der Waals surface area contributed by atoms with Crippen molar-refractivity contribution in [3.8, 4) is 0 Å². The minimum absolute atomic E-state index is 0.0397. The van der Waals surface area contributed by atoms with E-state index in [1.165, 1.54) is 0 Å². The van der Waals surface area contributed by atoms with Crippen molar-refractivity contribution in [1.29, 1.82) is 0 Å². The number of carbonyl (C=O) groups excluding carboxylic acids is 4. The van der Waals surface area contributed by atoms with Crippen molar-refractivity contribution in [2.75, 3.05) is 0 Å². The molecule has 1 heterocycles. The molecule has 3 amide bonds. The van der Waals surface area contributed by atoms with E-state index in [1.54, 1.807) is 0 Å². The molecule has 3 aromatic carbocycles. The van der Waals surface area contributed by atoms with Crippen LogP contribution in [0.1, 0.15) is 36.0 Å². The van der Waals surface area contributed by atoms with Gasteiger partial charge in [0.15, 0.2) is 0 Å². The zero-order valence-corrected chi connectivity index (χ0v) is 18.9. The molecular weight excluding hydrogens is 446 g/mol. The summed E-state index contributed by atoms with van der Waals surface area (Å²) in [4.78, 5) is 54.5. The second-order valence-corrected chi connectivity index (χ2v) is 8.21. The second kappa shape index (κ2) is 10.3. The summed E-state index contributed by atoms with van der Waals surface area (Å²) in [5, 5.41) is 3.79. The van der Waals surface area contributed by atoms with E-state index in [4.69, 9.17) is 10.6 Å². The number of imide groups is 1. The van der Waals surface area contributed by atoms with Crippen molar-refractivity contribution in [3.05, 3.63) is 108 Å². The third-order valence-electron chi connectivity index (χ3n) is 5.89. The Balaban J connectivity index is 1.84. The van der Waals surface area contributed by atoms with Gasteiger partial charge in [0.2, 0.25) is 5.91 Å². The molecule has 8 heteroatoms. The lowest BCUT2D eigenvalue weighted by Crippen LogP contribution is -2.55. The smallest absolute Gasteiger partial charge is 0.350 e. The molecule has 0 aromatic heterocycles. The molecule has 1 unspecified atom stereocenters. The minimum Gasteiger partial charge on any atom is -0.370 e. The molecule has 1 fully saturated rings. The van der Waals surface area contributed by atoms with Gasteiger partial charge in [0.05, 0.1) is 12.0 Å². The number of hydrogen-bond acceptors (Lipinski definition) is 6. The van der Waals surface area contributed by atoms with Crippen molar-refractivity contribution in [1.82, 2.24) is 10.4 Å². The van der Waals surface area contributed by atoms with Crippen LogP contribution in [-0.4, -0.2) is 34.8 Å². The number of nitrogens with zero attached hydrogens (tertiary/aromatic N) is 1. The summed E-state index contributed by atoms with van der Waals surface area (Å²) in [5.74, 6) is -2.93. The van der Waals surface area contributed by atoms with Crippen molar-refractivity contribution >= 4 is 23.7 Å². The molecule has 3 N–H and O–H groups in total. The Morgan fingerprint density at radius 2 is 1.20 bits per heavy atom. The van der Waals surface area contributed by atoms with Gasteiger partial charge in [0.25, 0.3) is 11.8 Å². The van der Waals surface area contributed by atoms with Crippen molar-refractivity contribution in [2.45, 2.75) is 30.8 Å². The first-order chi connectivity index (χ1) is 16.9. The third-order valence-corrected chi connectivity index (χ3v) is 5.89. The zero-order chi connectivity index (χ0) is 24.8. The number of carbonyl (C=O) groups is 4. The zero-order valence-electron chi connectivity index (χ0n) is 18.9. The van der Waals surface area contributed by atoms with Crippen LogP contribution >= 0.6 is 0 Å². The molecule has 178 valence electrons. The maximum absolute atomic E-state index is 13.3. The Morgan fingerprint density at radius 3 is 1.57 bits per heavy atom. The molecule has 1 aliphatic rings. The van der Waals surface area contributed by atoms with Crippen LogP contribution in [0.15, 0.2) is 91.0 Å². The molecule has 0 aliphatic carbocycles. The van der Waals surface area contributed by atoms with E-state index < -0.39 is 41.7 Å². The van der Waals surface area contributed by atoms with Crippen LogP contribution in [0.25, 0.3) is 0 Å². The summed E-state index contributed by atoms with van der Waals surface area (Å²) >= 11 is 0. The molecule has 0 radical (unpaired) electrons. The second-order valence-electron chi connectivity index (χ2n) is 8.21. The number of hydroxylamine groups is 2. The highest BCUT2D eigenvalue weighted by Crippen LogP contribution is 2.37. The van der Waals surface area contributed by atoms with Crippen molar-refractivity contribution in [3.63, 3.8) is 0 Å². The lowest BCUT2D eigenvalue weighted by atomic mass is 9.76. The fourth-order valence-electron chi connectivity index (χ4n) is 4.28. The van der Waals surface area contributed by atoms with Crippen LogP contribution in [0.2, 0.25) is 0 Å². The van der Waals surface area contributed by atoms with Crippen LogP contribution in [-0.2, 0) is 29.6 Å². The van der Waals surface area contributed by atoms with E-state index >= 15 is 0 Å². The van der Waals surface area contributed by atoms with Gasteiger partial charge in [-0.15, -0.1) is 5.06 Å². The van der Waals surface area contributed by atoms with E-state index in [2.05, 4.69) is 5.32 Å². The molecule has 0 saturated carbocycles. The predicted molar refractivity (Wildman–Crippen MR) is 127 cm³/mol. The summed E-state index contributed by atoms with van der Waals surface area (Å²) in [6, 6.07) is 27.1. The van der Waals surface area contributed by atoms with Crippen LogP contribution in [0.4, 0.5) is 0 Å². The van der Waals surface area contributed by atoms with Gasteiger partial charge in [-0.05, 0) is 16.7 Å². The number of benzene rings is 3. The summed E-state index contributed by atoms with van der Waals surface area (Å²) < 4.78 is 0. The summed E-state index contributed by atoms with van der Waals surface area (Å²) in [6.07, 6.45) is -0.493. The van der Waals surface area contributed by atoms with E-state index in [0.717, 1.165) is 16.7 Å². The Morgan fingerprint density at radius 1 is 0.800 bits per heavy atom. The first-order valence-electron chi connectivity index (χ1n) is 11.2. The van der Waals surface area contributed by atoms with Crippen LogP contribution in [0.3, 0.4) is 0 Å². The van der Waals surface area contributed by atoms with Crippen LogP contribution in [0, 0.1) is 0 Å². The molecule has 0 bridgehead atoms. The van der Waals surface area contributed by atoms with E-state index in [-0.39, 0.29) is 12.8 Å². The van der Waals surface area contributed by atoms with Gasteiger partial charge in [-0.25, -0.2) is 4.79 Å². The average Bonchev–Trinajstić information content (AvgIpc) is 3.20. The number of nitrogens with two attached hydrogens (primary N) is 1. The van der Waals surface area contributed by atoms with E-state index in [0.29, 0.717) is 5.06 Å². The monoisotopic (exact) mass is 471 g/mol. The van der Waals surface area contributed by atoms with Gasteiger partial charge in [-0.2, -0.15) is 0 Å². The fraction of sp³-hybridized carbons (Fsp3) is 0.185. The fourth-order valence-corrected chi connectivity index (χ4v) is 4.28. The maximum atomic E-state index is 13.3. The van der Waals surface area contributed by atoms with Crippen LogP contribution in [0.5, 0.6) is 0 Å². The largest absolute Gasteiger partial charge is 0.370 e. The standard InChI is InChI=1S/C27H25N3O5/c28-23(31)18-22(26(34)35-30-24(32)16-17-25(30)33)29-27(19-10-4-1-5-11-19,20-12-6-2-7-13-20)21-14-8-3-9-15-21/h1-15,22,29H,16-18H2,(H2,28,31). The summed E-state index contributed by atoms with van der Waals surface area (Å²) in [7, 11) is 0. The number of amides is 3. The average molecular weight is 472 g/mol. The van der Waals surface area contributed by atoms with Gasteiger partial charge in [-0.3, -0.25) is 19.7 Å². The SMILES string of the molecule is NC(=O)CC(NC(c1ccccc1)(c1ccccc1)c1ccccc1)C(=O)ON1C(=O)CCC1=O. The number of nitrogens with one attached hydrogen (secondary N) is 1. The van der Waals surface area contributed by atoms with Crippen molar-refractivity contribution in [2.24, 2.45) is 5.73 Å². The van der Waals surface area contributed by atoms with Gasteiger partial charge in [0, 0.05) is 12.8 Å². The molecule has 35 heavy (non-hydrogen) atoms. The minimum atomic E-state index is -1.27. The van der Waals surface area contributed by atoms with E-state index in [9.17, 15) is 19.2 Å². The molecule has 0 spiro atoms. The number of primary amides is 1. The molecule has 3 aromatic rings. The van der Waals surface area contributed by atoms with Gasteiger partial charge in [-0.1, -0.05) is 91.0 Å². The van der Waals surface area contributed by atoms with Gasteiger partial charge < -0.3 is 10.6 Å². The quantitative estimate of drug-likeness (QED) is 0.366. The molecule has 1 saturated heterocycles. The maximum Gasteiger partial charge on any atom is 0.350 e. The molecule has 8 nitrogen and oxygen atoms in total. The lowest BCUT2D eigenvalue weighted by molar-refractivity contribution is -0.199. The highest BCUT2D eigenvalue weighted by Gasteiger charge is 2.42. The third kappa shape index (κ3) is 4.97. The summed E-state index contributed by atoms with van der Waals surface area (Å²) in [6.45, 7) is 0. The number of rotatable bonds is 9. The highest BCUT2D eigenvalue weighted by molar-refractivity contribution is 6.02. The predicted octanol–water partition coefficient (Wildman–Crippen LogP) is 2.42. The first-order valence-corrected chi connectivity index (χ1v) is 11.2. The topological polar surface area (TPSA) is 119 Å². The van der Waals surface area contributed by atoms with Gasteiger partial charge in [0.1, 0.15) is 6.04 Å². The highest BCUT2D eigenvalue weighted by atomic mass is 16.7. The lowest BCUT2D eigenvalue weighted by Gasteiger charge is -2.39. The normalized spacial score (nSPS) is 14.6. The van der Waals surface area contributed by atoms with Crippen LogP contribution < -0.4 is 11.1 Å². The molecule has 1 aliphatic heterocycles. The summed E-state index contributed by atoms with van der Waals surface area (Å²) in [5.41, 5.74) is 6.80. The Labute approximate surface area is 202 Å². The molecule has 1 atom stereocenters. The van der Waals surface area contributed by atoms with E-state index in [1.807, 2.05) is 91.0 Å². The first kappa shape index (κ1) is 23.8. The molecular formula is C27H25N3O5. The Hall–Kier alpha value is -4.30. The molecule has 4 rings (SSSR count). The Bertz CT molecular complexity index is 1100. The van der Waals surface area contributed by atoms with Crippen molar-refractivity contribution < 1.29 is 24.0 Å². The Kier molecular flexibility index (Phi) is 7.03. The van der Waals surface area contributed by atoms with Gasteiger partial charge >= 0.3 is 5.97 Å². The number of hydrogen-bond donors (Lipinski definition) is 2.